The standard InChI is InChI=1S/C16H15N3O4/c1-17(2)8-9-18-15(20)11-5-3-4-10-13(19(22)23)7-6-12(14(10)11)16(18)21/h3-7H,8-9H2,1-2H3. The molecular weight excluding hydrogens is 298 g/mol. The Bertz CT molecular complexity index is 822. The van der Waals surface area contributed by atoms with E-state index >= 15 is 0 Å². The summed E-state index contributed by atoms with van der Waals surface area (Å²) >= 11 is 0. The number of nitro benzene ring substituents is 1. The van der Waals surface area contributed by atoms with Crippen LogP contribution in [0.2, 0.25) is 0 Å². The molecular formula is C16H15N3O4. The van der Waals surface area contributed by atoms with Crippen molar-refractivity contribution in [3.05, 3.63) is 51.6 Å². The van der Waals surface area contributed by atoms with E-state index in [1.165, 1.54) is 17.0 Å². The van der Waals surface area contributed by atoms with E-state index in [1.54, 1.807) is 18.2 Å². The molecule has 118 valence electrons. The van der Waals surface area contributed by atoms with Crippen molar-refractivity contribution in [2.45, 2.75) is 0 Å². The van der Waals surface area contributed by atoms with Crippen molar-refractivity contribution in [3.63, 3.8) is 0 Å². The van der Waals surface area contributed by atoms with Gasteiger partial charge in [0, 0.05) is 35.7 Å². The van der Waals surface area contributed by atoms with Crippen molar-refractivity contribution < 1.29 is 14.5 Å². The van der Waals surface area contributed by atoms with Gasteiger partial charge in [0.05, 0.1) is 10.3 Å². The number of amides is 2. The van der Waals surface area contributed by atoms with Crippen molar-refractivity contribution in [3.8, 4) is 0 Å². The van der Waals surface area contributed by atoms with Gasteiger partial charge in [-0.05, 0) is 32.3 Å². The number of rotatable bonds is 4. The first-order valence-corrected chi connectivity index (χ1v) is 7.13. The van der Waals surface area contributed by atoms with Gasteiger partial charge in [0.25, 0.3) is 17.5 Å². The molecule has 1 aliphatic rings. The summed E-state index contributed by atoms with van der Waals surface area (Å²) in [7, 11) is 3.72. The zero-order chi connectivity index (χ0) is 16.7. The Morgan fingerprint density at radius 3 is 2.35 bits per heavy atom. The zero-order valence-electron chi connectivity index (χ0n) is 12.8. The Balaban J connectivity index is 2.19. The molecule has 23 heavy (non-hydrogen) atoms. The third kappa shape index (κ3) is 2.35. The number of nitro groups is 1. The Morgan fingerprint density at radius 2 is 1.74 bits per heavy atom. The number of likely N-dealkylation sites (N-methyl/N-ethyl adjacent to an activating group) is 1. The third-order valence-electron chi connectivity index (χ3n) is 3.94. The molecule has 2 aromatic rings. The summed E-state index contributed by atoms with van der Waals surface area (Å²) in [4.78, 5) is 39.0. The molecule has 0 saturated heterocycles. The molecule has 0 radical (unpaired) electrons. The molecule has 0 aliphatic carbocycles. The lowest BCUT2D eigenvalue weighted by molar-refractivity contribution is -0.383. The maximum absolute atomic E-state index is 12.6. The van der Waals surface area contributed by atoms with E-state index in [0.29, 0.717) is 28.4 Å². The average Bonchev–Trinajstić information content (AvgIpc) is 2.51. The molecule has 1 heterocycles. The Morgan fingerprint density at radius 1 is 1.09 bits per heavy atom. The normalized spacial score (nSPS) is 14.0. The van der Waals surface area contributed by atoms with Crippen LogP contribution in [0.15, 0.2) is 30.3 Å². The van der Waals surface area contributed by atoms with Gasteiger partial charge in [0.1, 0.15) is 0 Å². The highest BCUT2D eigenvalue weighted by Crippen LogP contribution is 2.35. The van der Waals surface area contributed by atoms with Crippen molar-refractivity contribution in [2.75, 3.05) is 27.2 Å². The fourth-order valence-corrected chi connectivity index (χ4v) is 2.79. The molecule has 1 aliphatic heterocycles. The smallest absolute Gasteiger partial charge is 0.277 e. The van der Waals surface area contributed by atoms with Crippen molar-refractivity contribution in [2.24, 2.45) is 0 Å². The summed E-state index contributed by atoms with van der Waals surface area (Å²) in [6.07, 6.45) is 0. The Labute approximate surface area is 132 Å². The molecule has 2 aromatic carbocycles. The number of hydrogen-bond acceptors (Lipinski definition) is 5. The van der Waals surface area contributed by atoms with E-state index in [4.69, 9.17) is 0 Å². The topological polar surface area (TPSA) is 83.8 Å². The summed E-state index contributed by atoms with van der Waals surface area (Å²) in [5.41, 5.74) is 0.562. The van der Waals surface area contributed by atoms with Crippen LogP contribution in [0.25, 0.3) is 10.8 Å². The van der Waals surface area contributed by atoms with E-state index in [2.05, 4.69) is 0 Å². The number of hydrogen-bond donors (Lipinski definition) is 0. The molecule has 2 amide bonds. The lowest BCUT2D eigenvalue weighted by atomic mass is 9.93. The van der Waals surface area contributed by atoms with Crippen LogP contribution < -0.4 is 0 Å². The van der Waals surface area contributed by atoms with Crippen LogP contribution in [0.3, 0.4) is 0 Å². The summed E-state index contributed by atoms with van der Waals surface area (Å²) in [6.45, 7) is 0.827. The van der Waals surface area contributed by atoms with Crippen LogP contribution in [0.1, 0.15) is 20.7 Å². The largest absolute Gasteiger partial charge is 0.308 e. The molecule has 0 bridgehead atoms. The minimum Gasteiger partial charge on any atom is -0.308 e. The van der Waals surface area contributed by atoms with Gasteiger partial charge in [0.15, 0.2) is 0 Å². The fraction of sp³-hybridized carbons (Fsp3) is 0.250. The van der Waals surface area contributed by atoms with Crippen molar-refractivity contribution in [1.29, 1.82) is 0 Å². The second-order valence-corrected chi connectivity index (χ2v) is 5.68. The number of imide groups is 1. The van der Waals surface area contributed by atoms with E-state index in [0.717, 1.165) is 0 Å². The number of carbonyl (C=O) groups is 2. The van der Waals surface area contributed by atoms with E-state index in [1.807, 2.05) is 19.0 Å². The van der Waals surface area contributed by atoms with E-state index in [-0.39, 0.29) is 12.2 Å². The zero-order valence-corrected chi connectivity index (χ0v) is 12.8. The molecule has 3 rings (SSSR count). The molecule has 0 fully saturated rings. The van der Waals surface area contributed by atoms with Crippen molar-refractivity contribution >= 4 is 28.3 Å². The van der Waals surface area contributed by atoms with Gasteiger partial charge in [0.2, 0.25) is 0 Å². The number of benzene rings is 2. The highest BCUT2D eigenvalue weighted by atomic mass is 16.6. The predicted molar refractivity (Wildman–Crippen MR) is 84.5 cm³/mol. The van der Waals surface area contributed by atoms with Crippen molar-refractivity contribution in [1.82, 2.24) is 9.80 Å². The molecule has 7 nitrogen and oxygen atoms in total. The van der Waals surface area contributed by atoms with Crippen LogP contribution in [0.4, 0.5) is 5.69 Å². The van der Waals surface area contributed by atoms with Gasteiger partial charge in [-0.15, -0.1) is 0 Å². The monoisotopic (exact) mass is 313 g/mol. The van der Waals surface area contributed by atoms with E-state index in [9.17, 15) is 19.7 Å². The summed E-state index contributed by atoms with van der Waals surface area (Å²) < 4.78 is 0. The second kappa shape index (κ2) is 5.44. The minimum atomic E-state index is -0.504. The van der Waals surface area contributed by atoms with E-state index < -0.39 is 16.7 Å². The highest BCUT2D eigenvalue weighted by Gasteiger charge is 2.34. The third-order valence-corrected chi connectivity index (χ3v) is 3.94. The molecule has 0 N–H and O–H groups in total. The average molecular weight is 313 g/mol. The molecule has 0 aromatic heterocycles. The summed E-state index contributed by atoms with van der Waals surface area (Å²) in [5, 5.41) is 11.9. The first kappa shape index (κ1) is 15.1. The predicted octanol–water partition coefficient (Wildman–Crippen LogP) is 1.91. The first-order chi connectivity index (χ1) is 10.9. The molecule has 0 unspecified atom stereocenters. The van der Waals surface area contributed by atoms with Gasteiger partial charge in [-0.3, -0.25) is 24.6 Å². The fourth-order valence-electron chi connectivity index (χ4n) is 2.79. The lowest BCUT2D eigenvalue weighted by Crippen LogP contribution is -2.43. The summed E-state index contributed by atoms with van der Waals surface area (Å²) in [6, 6.07) is 7.52. The van der Waals surface area contributed by atoms with Crippen LogP contribution in [0, 0.1) is 10.1 Å². The van der Waals surface area contributed by atoms with Crippen LogP contribution >= 0.6 is 0 Å². The van der Waals surface area contributed by atoms with Gasteiger partial charge in [-0.1, -0.05) is 6.07 Å². The molecule has 0 atom stereocenters. The maximum Gasteiger partial charge on any atom is 0.277 e. The molecule has 7 heteroatoms. The highest BCUT2D eigenvalue weighted by molar-refractivity contribution is 6.26. The molecule has 0 spiro atoms. The number of carbonyl (C=O) groups excluding carboxylic acids is 2. The van der Waals surface area contributed by atoms with Crippen LogP contribution in [0.5, 0.6) is 0 Å². The van der Waals surface area contributed by atoms with Crippen LogP contribution in [-0.4, -0.2) is 53.7 Å². The number of non-ortho nitro benzene ring substituents is 1. The first-order valence-electron chi connectivity index (χ1n) is 7.13. The lowest BCUT2D eigenvalue weighted by Gasteiger charge is -2.28. The van der Waals surface area contributed by atoms with Gasteiger partial charge in [-0.25, -0.2) is 0 Å². The molecule has 0 saturated carbocycles. The van der Waals surface area contributed by atoms with Gasteiger partial charge < -0.3 is 4.90 Å². The SMILES string of the molecule is CN(C)CCN1C(=O)c2cccc3c([N+](=O)[O-])ccc(c23)C1=O. The Kier molecular flexibility index (Phi) is 3.57. The number of nitrogens with zero attached hydrogens (tertiary/aromatic N) is 3. The maximum atomic E-state index is 12.6. The van der Waals surface area contributed by atoms with Gasteiger partial charge in [-0.2, -0.15) is 0 Å². The second-order valence-electron chi connectivity index (χ2n) is 5.68. The van der Waals surface area contributed by atoms with Crippen LogP contribution in [-0.2, 0) is 0 Å². The minimum absolute atomic E-state index is 0.104. The van der Waals surface area contributed by atoms with Gasteiger partial charge >= 0.3 is 0 Å². The Hall–Kier alpha value is -2.80. The quantitative estimate of drug-likeness (QED) is 0.489. The summed E-state index contributed by atoms with van der Waals surface area (Å²) in [5.74, 6) is -0.814.